The summed E-state index contributed by atoms with van der Waals surface area (Å²) in [5, 5.41) is 3.51. The molecular formula is C15H17BrN4. The molecular weight excluding hydrogens is 316 g/mol. The number of hydrogen-bond donors (Lipinski definition) is 1. The molecule has 4 nitrogen and oxygen atoms in total. The summed E-state index contributed by atoms with van der Waals surface area (Å²) < 4.78 is 0.930. The Morgan fingerprint density at radius 1 is 1.40 bits per heavy atom. The molecule has 2 aromatic heterocycles. The van der Waals surface area contributed by atoms with Crippen LogP contribution in [0.15, 0.2) is 29.0 Å². The van der Waals surface area contributed by atoms with Crippen molar-refractivity contribution in [3.05, 3.63) is 40.3 Å². The van der Waals surface area contributed by atoms with Crippen LogP contribution in [0.3, 0.4) is 0 Å². The molecule has 0 spiro atoms. The van der Waals surface area contributed by atoms with E-state index in [4.69, 9.17) is 4.98 Å². The van der Waals surface area contributed by atoms with Crippen LogP contribution in [0.25, 0.3) is 11.5 Å². The maximum Gasteiger partial charge on any atom is 0.179 e. The van der Waals surface area contributed by atoms with Crippen molar-refractivity contribution in [2.24, 2.45) is 0 Å². The number of nitrogens with one attached hydrogen (secondary N) is 1. The van der Waals surface area contributed by atoms with Crippen LogP contribution in [0.5, 0.6) is 0 Å². The van der Waals surface area contributed by atoms with E-state index in [1.807, 2.05) is 18.3 Å². The lowest BCUT2D eigenvalue weighted by atomic mass is 9.92. The molecule has 0 amide bonds. The molecule has 20 heavy (non-hydrogen) atoms. The number of hydrogen-bond acceptors (Lipinski definition) is 4. The van der Waals surface area contributed by atoms with Crippen LogP contribution in [0, 0.1) is 0 Å². The molecule has 1 aliphatic rings. The summed E-state index contributed by atoms with van der Waals surface area (Å²) in [6.07, 6.45) is 7.09. The maximum absolute atomic E-state index is 4.73. The monoisotopic (exact) mass is 332 g/mol. The number of aromatic nitrogens is 3. The highest BCUT2D eigenvalue weighted by Crippen LogP contribution is 2.30. The molecule has 1 N–H and O–H groups in total. The summed E-state index contributed by atoms with van der Waals surface area (Å²) in [5.41, 5.74) is 3.21. The quantitative estimate of drug-likeness (QED) is 0.936. The zero-order valence-corrected chi connectivity index (χ0v) is 13.0. The summed E-state index contributed by atoms with van der Waals surface area (Å²) in [6, 6.07) is 4.25. The van der Waals surface area contributed by atoms with Gasteiger partial charge in [0.15, 0.2) is 5.82 Å². The van der Waals surface area contributed by atoms with Gasteiger partial charge in [0.05, 0.1) is 0 Å². The molecule has 0 bridgehead atoms. The van der Waals surface area contributed by atoms with Crippen LogP contribution in [-0.4, -0.2) is 21.5 Å². The van der Waals surface area contributed by atoms with Gasteiger partial charge < -0.3 is 5.32 Å². The Kier molecular flexibility index (Phi) is 4.08. The van der Waals surface area contributed by atoms with E-state index in [1.165, 1.54) is 12.0 Å². The SMILES string of the molecule is CCNC1CCCc2nc(-c3ncccc3Br)ncc21. The molecule has 1 aliphatic carbocycles. The number of halogens is 1. The third-order valence-electron chi connectivity index (χ3n) is 3.60. The smallest absolute Gasteiger partial charge is 0.179 e. The lowest BCUT2D eigenvalue weighted by Gasteiger charge is -2.25. The molecule has 0 fully saturated rings. The summed E-state index contributed by atoms with van der Waals surface area (Å²) in [7, 11) is 0. The molecule has 5 heteroatoms. The Morgan fingerprint density at radius 2 is 2.30 bits per heavy atom. The molecule has 3 rings (SSSR count). The Hall–Kier alpha value is -1.33. The molecule has 2 aromatic rings. The summed E-state index contributed by atoms with van der Waals surface area (Å²) in [4.78, 5) is 13.6. The number of aryl methyl sites for hydroxylation is 1. The van der Waals surface area contributed by atoms with Crippen LogP contribution in [-0.2, 0) is 6.42 Å². The van der Waals surface area contributed by atoms with Crippen molar-refractivity contribution < 1.29 is 0 Å². The fraction of sp³-hybridized carbons (Fsp3) is 0.400. The van der Waals surface area contributed by atoms with Crippen molar-refractivity contribution in [1.82, 2.24) is 20.3 Å². The van der Waals surface area contributed by atoms with Gasteiger partial charge in [0.1, 0.15) is 5.69 Å². The van der Waals surface area contributed by atoms with Gasteiger partial charge in [0, 0.05) is 34.2 Å². The van der Waals surface area contributed by atoms with Gasteiger partial charge in [-0.3, -0.25) is 4.98 Å². The van der Waals surface area contributed by atoms with E-state index in [-0.39, 0.29) is 0 Å². The average Bonchev–Trinajstić information content (AvgIpc) is 2.48. The molecule has 0 saturated heterocycles. The second kappa shape index (κ2) is 5.97. The van der Waals surface area contributed by atoms with Crippen molar-refractivity contribution >= 4 is 15.9 Å². The van der Waals surface area contributed by atoms with E-state index in [0.717, 1.165) is 35.2 Å². The van der Waals surface area contributed by atoms with E-state index in [1.54, 1.807) is 6.20 Å². The standard InChI is InChI=1S/C15H17BrN4/c1-2-17-12-6-3-7-13-10(12)9-19-15(20-13)14-11(16)5-4-8-18-14/h4-5,8-9,12,17H,2-3,6-7H2,1H3. The molecule has 0 saturated carbocycles. The fourth-order valence-corrected chi connectivity index (χ4v) is 3.10. The first-order valence-electron chi connectivity index (χ1n) is 6.99. The summed E-state index contributed by atoms with van der Waals surface area (Å²) in [6.45, 7) is 3.10. The highest BCUT2D eigenvalue weighted by atomic mass is 79.9. The molecule has 0 radical (unpaired) electrons. The highest BCUT2D eigenvalue weighted by molar-refractivity contribution is 9.10. The molecule has 0 aliphatic heterocycles. The van der Waals surface area contributed by atoms with E-state index in [2.05, 4.69) is 38.1 Å². The van der Waals surface area contributed by atoms with Crippen molar-refractivity contribution in [3.8, 4) is 11.5 Å². The summed E-state index contributed by atoms with van der Waals surface area (Å²) in [5.74, 6) is 0.702. The Bertz CT molecular complexity index is 615. The predicted molar refractivity (Wildman–Crippen MR) is 82.3 cm³/mol. The molecule has 1 atom stereocenters. The largest absolute Gasteiger partial charge is 0.310 e. The van der Waals surface area contributed by atoms with E-state index in [9.17, 15) is 0 Å². The number of nitrogens with zero attached hydrogens (tertiary/aromatic N) is 3. The molecule has 1 unspecified atom stereocenters. The Morgan fingerprint density at radius 3 is 3.10 bits per heavy atom. The van der Waals surface area contributed by atoms with Crippen LogP contribution >= 0.6 is 15.9 Å². The third-order valence-corrected chi connectivity index (χ3v) is 4.24. The van der Waals surface area contributed by atoms with Crippen molar-refractivity contribution in [3.63, 3.8) is 0 Å². The van der Waals surface area contributed by atoms with Gasteiger partial charge in [0.25, 0.3) is 0 Å². The number of pyridine rings is 1. The van der Waals surface area contributed by atoms with Crippen molar-refractivity contribution in [2.75, 3.05) is 6.54 Å². The lowest BCUT2D eigenvalue weighted by molar-refractivity contribution is 0.464. The minimum absolute atomic E-state index is 0.393. The normalized spacial score (nSPS) is 17.8. The topological polar surface area (TPSA) is 50.7 Å². The Labute approximate surface area is 127 Å². The average molecular weight is 333 g/mol. The van der Waals surface area contributed by atoms with Crippen LogP contribution in [0.4, 0.5) is 0 Å². The second-order valence-corrected chi connectivity index (χ2v) is 5.79. The number of fused-ring (bicyclic) bond motifs is 1. The fourth-order valence-electron chi connectivity index (χ4n) is 2.67. The van der Waals surface area contributed by atoms with Gasteiger partial charge in [-0.15, -0.1) is 0 Å². The first-order chi connectivity index (χ1) is 9.79. The predicted octanol–water partition coefficient (Wildman–Crippen LogP) is 3.29. The van der Waals surface area contributed by atoms with Crippen LogP contribution < -0.4 is 5.32 Å². The summed E-state index contributed by atoms with van der Waals surface area (Å²) >= 11 is 3.51. The molecule has 104 valence electrons. The minimum atomic E-state index is 0.393. The maximum atomic E-state index is 4.73. The highest BCUT2D eigenvalue weighted by Gasteiger charge is 2.22. The number of rotatable bonds is 3. The van der Waals surface area contributed by atoms with Gasteiger partial charge >= 0.3 is 0 Å². The zero-order chi connectivity index (χ0) is 13.9. The van der Waals surface area contributed by atoms with Crippen molar-refractivity contribution in [2.45, 2.75) is 32.2 Å². The van der Waals surface area contributed by atoms with E-state index >= 15 is 0 Å². The second-order valence-electron chi connectivity index (χ2n) is 4.93. The van der Waals surface area contributed by atoms with Gasteiger partial charge in [-0.1, -0.05) is 6.92 Å². The van der Waals surface area contributed by atoms with Crippen LogP contribution in [0.2, 0.25) is 0 Å². The molecule has 2 heterocycles. The minimum Gasteiger partial charge on any atom is -0.310 e. The van der Waals surface area contributed by atoms with Gasteiger partial charge in [-0.2, -0.15) is 0 Å². The van der Waals surface area contributed by atoms with Crippen LogP contribution in [0.1, 0.15) is 37.1 Å². The van der Waals surface area contributed by atoms with Gasteiger partial charge in [-0.05, 0) is 53.9 Å². The van der Waals surface area contributed by atoms with Gasteiger partial charge in [0.2, 0.25) is 0 Å². The lowest BCUT2D eigenvalue weighted by Crippen LogP contribution is -2.26. The molecule has 0 aromatic carbocycles. The Balaban J connectivity index is 1.99. The van der Waals surface area contributed by atoms with Crippen molar-refractivity contribution in [1.29, 1.82) is 0 Å². The van der Waals surface area contributed by atoms with E-state index < -0.39 is 0 Å². The van der Waals surface area contributed by atoms with E-state index in [0.29, 0.717) is 11.9 Å². The van der Waals surface area contributed by atoms with Gasteiger partial charge in [-0.25, -0.2) is 9.97 Å². The first kappa shape index (κ1) is 13.6. The zero-order valence-electron chi connectivity index (χ0n) is 11.4. The first-order valence-corrected chi connectivity index (χ1v) is 7.79. The third kappa shape index (κ3) is 2.60.